The monoisotopic (exact) mass is 358 g/mol. The molecule has 5 heteroatoms. The summed E-state index contributed by atoms with van der Waals surface area (Å²) in [5, 5.41) is 20.0. The molecule has 3 rings (SSSR count). The lowest BCUT2D eigenvalue weighted by Gasteiger charge is -2.37. The highest BCUT2D eigenvalue weighted by atomic mass is 32.2. The molecule has 25 heavy (non-hydrogen) atoms. The van der Waals surface area contributed by atoms with Crippen molar-refractivity contribution in [2.24, 2.45) is 0 Å². The highest BCUT2D eigenvalue weighted by Crippen LogP contribution is 2.45. The minimum Gasteiger partial charge on any atom is -0.504 e. The summed E-state index contributed by atoms with van der Waals surface area (Å²) in [4.78, 5) is 3.17. The SMILES string of the molecule is CCCCC1(CC)CN(c2ccccc2)c2cc(O)c(O)cc2SN1. The van der Waals surface area contributed by atoms with Gasteiger partial charge in [-0.25, -0.2) is 0 Å². The van der Waals surface area contributed by atoms with Crippen molar-refractivity contribution in [3.05, 3.63) is 42.5 Å². The normalized spacial score (nSPS) is 20.2. The Labute approximate surface area is 154 Å². The van der Waals surface area contributed by atoms with Crippen LogP contribution in [0.25, 0.3) is 0 Å². The first-order chi connectivity index (χ1) is 12.1. The summed E-state index contributed by atoms with van der Waals surface area (Å²) >= 11 is 1.55. The molecule has 1 aliphatic rings. The zero-order chi connectivity index (χ0) is 17.9. The zero-order valence-corrected chi connectivity index (χ0v) is 15.6. The molecule has 0 spiro atoms. The molecular weight excluding hydrogens is 332 g/mol. The maximum atomic E-state index is 10.1. The van der Waals surface area contributed by atoms with Crippen molar-refractivity contribution in [3.63, 3.8) is 0 Å². The summed E-state index contributed by atoms with van der Waals surface area (Å²) in [6.07, 6.45) is 4.42. The Balaban J connectivity index is 2.08. The number of nitrogens with zero attached hydrogens (tertiary/aromatic N) is 1. The van der Waals surface area contributed by atoms with Gasteiger partial charge in [0.05, 0.1) is 10.6 Å². The average molecular weight is 359 g/mol. The van der Waals surface area contributed by atoms with Gasteiger partial charge < -0.3 is 15.1 Å². The molecule has 0 saturated carbocycles. The number of unbranched alkanes of at least 4 members (excludes halogenated alkanes) is 1. The third-order valence-electron chi connectivity index (χ3n) is 4.94. The number of hydrogen-bond donors (Lipinski definition) is 3. The first-order valence-corrected chi connectivity index (χ1v) is 9.73. The van der Waals surface area contributed by atoms with E-state index in [0.717, 1.165) is 48.5 Å². The highest BCUT2D eigenvalue weighted by molar-refractivity contribution is 7.97. The van der Waals surface area contributed by atoms with Crippen LogP contribution in [0.3, 0.4) is 0 Å². The van der Waals surface area contributed by atoms with E-state index < -0.39 is 0 Å². The van der Waals surface area contributed by atoms with Gasteiger partial charge >= 0.3 is 0 Å². The molecule has 4 nitrogen and oxygen atoms in total. The lowest BCUT2D eigenvalue weighted by atomic mass is 9.89. The molecule has 2 aromatic rings. The lowest BCUT2D eigenvalue weighted by molar-refractivity contribution is 0.351. The van der Waals surface area contributed by atoms with Gasteiger partial charge in [-0.15, -0.1) is 0 Å². The Hall–Kier alpha value is -1.85. The number of aromatic hydroxyl groups is 2. The number of anilines is 2. The van der Waals surface area contributed by atoms with E-state index in [9.17, 15) is 10.2 Å². The van der Waals surface area contributed by atoms with Crippen molar-refractivity contribution in [3.8, 4) is 11.5 Å². The van der Waals surface area contributed by atoms with Gasteiger partial charge in [0.1, 0.15) is 0 Å². The fourth-order valence-electron chi connectivity index (χ4n) is 3.27. The van der Waals surface area contributed by atoms with Crippen LogP contribution in [0.1, 0.15) is 39.5 Å². The Morgan fingerprint density at radius 2 is 1.84 bits per heavy atom. The lowest BCUT2D eigenvalue weighted by Crippen LogP contribution is -2.48. The van der Waals surface area contributed by atoms with Gasteiger partial charge in [0.2, 0.25) is 0 Å². The summed E-state index contributed by atoms with van der Waals surface area (Å²) in [7, 11) is 0. The van der Waals surface area contributed by atoms with Gasteiger partial charge in [0.15, 0.2) is 11.5 Å². The minimum absolute atomic E-state index is 0.0270. The van der Waals surface area contributed by atoms with Gasteiger partial charge in [0.25, 0.3) is 0 Å². The molecule has 0 aromatic heterocycles. The molecule has 2 aromatic carbocycles. The second-order valence-corrected chi connectivity index (χ2v) is 7.52. The standard InChI is InChI=1S/C20H26N2O2S/c1-3-5-11-20(4-2)14-22(15-9-7-6-8-10-15)16-12-17(23)18(24)13-19(16)25-21-20/h6-10,12-13,21,23-24H,3-5,11,14H2,1-2H3. The maximum absolute atomic E-state index is 10.1. The van der Waals surface area contributed by atoms with Crippen LogP contribution in [0.5, 0.6) is 11.5 Å². The van der Waals surface area contributed by atoms with Crippen molar-refractivity contribution in [2.75, 3.05) is 11.4 Å². The van der Waals surface area contributed by atoms with Crippen LogP contribution in [-0.2, 0) is 0 Å². The highest BCUT2D eigenvalue weighted by Gasteiger charge is 2.35. The van der Waals surface area contributed by atoms with Crippen LogP contribution in [0.2, 0.25) is 0 Å². The van der Waals surface area contributed by atoms with Crippen molar-refractivity contribution in [2.45, 2.75) is 50.0 Å². The van der Waals surface area contributed by atoms with E-state index in [1.807, 2.05) is 18.2 Å². The Morgan fingerprint density at radius 1 is 1.12 bits per heavy atom. The maximum Gasteiger partial charge on any atom is 0.159 e. The number of fused-ring (bicyclic) bond motifs is 1. The van der Waals surface area contributed by atoms with Crippen molar-refractivity contribution in [1.82, 2.24) is 4.72 Å². The van der Waals surface area contributed by atoms with E-state index in [2.05, 4.69) is 35.6 Å². The predicted molar refractivity (Wildman–Crippen MR) is 105 cm³/mol. The number of para-hydroxylation sites is 1. The average Bonchev–Trinajstić information content (AvgIpc) is 2.79. The van der Waals surface area contributed by atoms with E-state index in [4.69, 9.17) is 0 Å². The molecule has 0 saturated heterocycles. The summed E-state index contributed by atoms with van der Waals surface area (Å²) in [5.41, 5.74) is 1.99. The van der Waals surface area contributed by atoms with Gasteiger partial charge in [-0.2, -0.15) is 0 Å². The number of phenolic OH excluding ortho intramolecular Hbond substituents is 2. The van der Waals surface area contributed by atoms with Gasteiger partial charge in [-0.3, -0.25) is 4.72 Å². The number of nitrogens with one attached hydrogen (secondary N) is 1. The van der Waals surface area contributed by atoms with Crippen LogP contribution >= 0.6 is 11.9 Å². The molecule has 1 unspecified atom stereocenters. The van der Waals surface area contributed by atoms with Gasteiger partial charge in [0, 0.05) is 29.9 Å². The number of benzene rings is 2. The Kier molecular flexibility index (Phi) is 5.45. The van der Waals surface area contributed by atoms with Gasteiger partial charge in [-0.05, 0) is 36.9 Å². The number of rotatable bonds is 5. The first-order valence-electron chi connectivity index (χ1n) is 8.91. The van der Waals surface area contributed by atoms with Crippen LogP contribution in [-0.4, -0.2) is 22.3 Å². The molecule has 1 heterocycles. The Morgan fingerprint density at radius 3 is 2.52 bits per heavy atom. The van der Waals surface area contributed by atoms with E-state index in [1.165, 1.54) is 0 Å². The van der Waals surface area contributed by atoms with Crippen LogP contribution in [0.4, 0.5) is 11.4 Å². The van der Waals surface area contributed by atoms with Crippen LogP contribution in [0, 0.1) is 0 Å². The second-order valence-electron chi connectivity index (χ2n) is 6.67. The number of phenols is 2. The van der Waals surface area contributed by atoms with Crippen molar-refractivity contribution < 1.29 is 10.2 Å². The van der Waals surface area contributed by atoms with E-state index >= 15 is 0 Å². The predicted octanol–water partition coefficient (Wildman–Crippen LogP) is 5.19. The summed E-state index contributed by atoms with van der Waals surface area (Å²) in [6.45, 7) is 5.25. The summed E-state index contributed by atoms with van der Waals surface area (Å²) in [6, 6.07) is 13.5. The third-order valence-corrected chi connectivity index (χ3v) is 6.02. The van der Waals surface area contributed by atoms with Gasteiger partial charge in [-0.1, -0.05) is 44.9 Å². The summed E-state index contributed by atoms with van der Waals surface area (Å²) in [5.74, 6) is -0.170. The van der Waals surface area contributed by atoms with Crippen LogP contribution in [0.15, 0.2) is 47.4 Å². The molecule has 1 atom stereocenters. The molecular formula is C20H26N2O2S. The fourth-order valence-corrected chi connectivity index (χ4v) is 4.35. The first kappa shape index (κ1) is 18.0. The quantitative estimate of drug-likeness (QED) is 0.507. The molecule has 0 fully saturated rings. The molecule has 134 valence electrons. The van der Waals surface area contributed by atoms with E-state index in [0.29, 0.717) is 0 Å². The molecule has 0 bridgehead atoms. The Bertz CT molecular complexity index is 723. The van der Waals surface area contributed by atoms with E-state index in [1.54, 1.807) is 24.1 Å². The van der Waals surface area contributed by atoms with Crippen LogP contribution < -0.4 is 9.62 Å². The van der Waals surface area contributed by atoms with Crippen molar-refractivity contribution in [1.29, 1.82) is 0 Å². The topological polar surface area (TPSA) is 55.7 Å². The smallest absolute Gasteiger partial charge is 0.159 e. The molecule has 0 radical (unpaired) electrons. The second kappa shape index (κ2) is 7.58. The fraction of sp³-hybridized carbons (Fsp3) is 0.400. The van der Waals surface area contributed by atoms with E-state index in [-0.39, 0.29) is 17.0 Å². The summed E-state index contributed by atoms with van der Waals surface area (Å²) < 4.78 is 3.66. The minimum atomic E-state index is -0.0853. The molecule has 0 aliphatic carbocycles. The number of hydrogen-bond acceptors (Lipinski definition) is 5. The molecule has 0 amide bonds. The zero-order valence-electron chi connectivity index (χ0n) is 14.8. The largest absolute Gasteiger partial charge is 0.504 e. The van der Waals surface area contributed by atoms with Crippen molar-refractivity contribution >= 4 is 23.3 Å². The third kappa shape index (κ3) is 3.72. The molecule has 3 N–H and O–H groups in total. The molecule has 1 aliphatic heterocycles.